The van der Waals surface area contributed by atoms with Gasteiger partial charge in [0.2, 0.25) is 10.0 Å². The molecule has 0 atom stereocenters. The van der Waals surface area contributed by atoms with E-state index in [0.29, 0.717) is 10.8 Å². The van der Waals surface area contributed by atoms with Gasteiger partial charge < -0.3 is 0 Å². The van der Waals surface area contributed by atoms with Crippen molar-refractivity contribution in [1.29, 1.82) is 0 Å². The van der Waals surface area contributed by atoms with E-state index in [1.807, 2.05) is 0 Å². The Hall–Kier alpha value is 0.0900. The molecule has 3 nitrogen and oxygen atoms in total. The van der Waals surface area contributed by atoms with Crippen LogP contribution in [0.1, 0.15) is 12.8 Å². The molecule has 0 aromatic carbocycles. The number of sulfonamides is 1. The summed E-state index contributed by atoms with van der Waals surface area (Å²) in [5.41, 5.74) is 0.171. The lowest BCUT2D eigenvalue weighted by atomic mass is 10.1. The molecule has 15 heavy (non-hydrogen) atoms. The molecule has 1 aromatic heterocycles. The van der Waals surface area contributed by atoms with Gasteiger partial charge in [-0.2, -0.15) is 0 Å². The van der Waals surface area contributed by atoms with Crippen molar-refractivity contribution in [2.45, 2.75) is 17.1 Å². The maximum absolute atomic E-state index is 11.8. The quantitative estimate of drug-likeness (QED) is 0.848. The fourth-order valence-electron chi connectivity index (χ4n) is 1.27. The SMILES string of the molecule is O=S(=O)(NCC1(CBr)CC1)c1cccs1. The molecule has 0 bridgehead atoms. The summed E-state index contributed by atoms with van der Waals surface area (Å²) >= 11 is 4.66. The van der Waals surface area contributed by atoms with Crippen LogP contribution in [-0.2, 0) is 10.0 Å². The number of nitrogens with one attached hydrogen (secondary N) is 1. The Bertz CT molecular complexity index is 423. The van der Waals surface area contributed by atoms with Crippen molar-refractivity contribution in [3.8, 4) is 0 Å². The van der Waals surface area contributed by atoms with Crippen LogP contribution in [0.3, 0.4) is 0 Å². The molecule has 1 fully saturated rings. The molecule has 0 unspecified atom stereocenters. The van der Waals surface area contributed by atoms with Crippen LogP contribution in [0.2, 0.25) is 0 Å². The van der Waals surface area contributed by atoms with Gasteiger partial charge in [-0.1, -0.05) is 22.0 Å². The lowest BCUT2D eigenvalue weighted by Crippen LogP contribution is -2.30. The molecule has 0 aliphatic heterocycles. The third kappa shape index (κ3) is 2.61. The summed E-state index contributed by atoms with van der Waals surface area (Å²) in [6, 6.07) is 3.37. The average Bonchev–Trinajstić information content (AvgIpc) is 2.77. The van der Waals surface area contributed by atoms with Crippen molar-refractivity contribution >= 4 is 37.3 Å². The second-order valence-corrected chi connectivity index (χ2v) is 7.39. The zero-order valence-corrected chi connectivity index (χ0v) is 11.3. The van der Waals surface area contributed by atoms with Crippen LogP contribution in [0.4, 0.5) is 0 Å². The fraction of sp³-hybridized carbons (Fsp3) is 0.556. The molecule has 1 aromatic rings. The Morgan fingerprint density at radius 1 is 1.53 bits per heavy atom. The molecule has 1 saturated carbocycles. The third-order valence-electron chi connectivity index (χ3n) is 2.64. The first-order valence-corrected chi connectivity index (χ1v) is 8.16. The lowest BCUT2D eigenvalue weighted by Gasteiger charge is -2.11. The Labute approximate surface area is 102 Å². The predicted octanol–water partition coefficient (Wildman–Crippen LogP) is 2.20. The number of alkyl halides is 1. The predicted molar refractivity (Wildman–Crippen MR) is 65.0 cm³/mol. The van der Waals surface area contributed by atoms with Gasteiger partial charge in [-0.25, -0.2) is 13.1 Å². The van der Waals surface area contributed by atoms with Gasteiger partial charge in [-0.05, 0) is 29.7 Å². The highest BCUT2D eigenvalue weighted by Crippen LogP contribution is 2.46. The maximum Gasteiger partial charge on any atom is 0.250 e. The highest BCUT2D eigenvalue weighted by atomic mass is 79.9. The van der Waals surface area contributed by atoms with Crippen molar-refractivity contribution in [1.82, 2.24) is 4.72 Å². The van der Waals surface area contributed by atoms with E-state index in [9.17, 15) is 8.42 Å². The highest BCUT2D eigenvalue weighted by molar-refractivity contribution is 9.09. The summed E-state index contributed by atoms with van der Waals surface area (Å²) in [5.74, 6) is 0. The summed E-state index contributed by atoms with van der Waals surface area (Å²) < 4.78 is 26.6. The molecule has 1 N–H and O–H groups in total. The van der Waals surface area contributed by atoms with Crippen LogP contribution in [-0.4, -0.2) is 20.3 Å². The van der Waals surface area contributed by atoms with E-state index in [2.05, 4.69) is 20.7 Å². The van der Waals surface area contributed by atoms with Gasteiger partial charge in [0.05, 0.1) is 0 Å². The molecule has 1 aliphatic carbocycles. The van der Waals surface area contributed by atoms with E-state index in [-0.39, 0.29) is 5.41 Å². The van der Waals surface area contributed by atoms with E-state index in [4.69, 9.17) is 0 Å². The molecule has 0 spiro atoms. The fourth-order valence-corrected chi connectivity index (χ4v) is 4.22. The molecule has 1 heterocycles. The first-order chi connectivity index (χ1) is 7.08. The van der Waals surface area contributed by atoms with Crippen molar-refractivity contribution in [2.24, 2.45) is 5.41 Å². The minimum absolute atomic E-state index is 0.171. The molecule has 6 heteroatoms. The van der Waals surface area contributed by atoms with E-state index < -0.39 is 10.0 Å². The summed E-state index contributed by atoms with van der Waals surface area (Å²) in [6.45, 7) is 0.540. The van der Waals surface area contributed by atoms with Gasteiger partial charge in [0.15, 0.2) is 0 Å². The first kappa shape index (κ1) is 11.6. The van der Waals surface area contributed by atoms with Crippen LogP contribution in [0.5, 0.6) is 0 Å². The lowest BCUT2D eigenvalue weighted by molar-refractivity contribution is 0.539. The first-order valence-electron chi connectivity index (χ1n) is 4.67. The van der Waals surface area contributed by atoms with Gasteiger partial charge in [-0.3, -0.25) is 0 Å². The van der Waals surface area contributed by atoms with Gasteiger partial charge in [-0.15, -0.1) is 11.3 Å². The highest BCUT2D eigenvalue weighted by Gasteiger charge is 2.42. The van der Waals surface area contributed by atoms with E-state index in [1.54, 1.807) is 17.5 Å². The second-order valence-electron chi connectivity index (χ2n) is 3.89. The zero-order valence-electron chi connectivity index (χ0n) is 8.07. The number of rotatable bonds is 5. The number of thiophene rings is 1. The van der Waals surface area contributed by atoms with Crippen LogP contribution in [0.15, 0.2) is 21.7 Å². The number of hydrogen-bond acceptors (Lipinski definition) is 3. The van der Waals surface area contributed by atoms with Gasteiger partial charge in [0, 0.05) is 11.9 Å². The minimum Gasteiger partial charge on any atom is -0.210 e. The topological polar surface area (TPSA) is 46.2 Å². The Kier molecular flexibility index (Phi) is 3.21. The summed E-state index contributed by atoms with van der Waals surface area (Å²) in [4.78, 5) is 0. The largest absolute Gasteiger partial charge is 0.250 e. The molecule has 84 valence electrons. The second kappa shape index (κ2) is 4.16. The zero-order chi connectivity index (χ0) is 10.9. The minimum atomic E-state index is -3.27. The molecule has 0 amide bonds. The summed E-state index contributed by atoms with van der Waals surface area (Å²) in [5, 5.41) is 2.64. The van der Waals surface area contributed by atoms with Gasteiger partial charge in [0.1, 0.15) is 4.21 Å². The van der Waals surface area contributed by atoms with Crippen LogP contribution in [0, 0.1) is 5.41 Å². The van der Waals surface area contributed by atoms with Crippen molar-refractivity contribution in [3.05, 3.63) is 17.5 Å². The van der Waals surface area contributed by atoms with Crippen molar-refractivity contribution < 1.29 is 8.42 Å². The maximum atomic E-state index is 11.8. The van der Waals surface area contributed by atoms with Gasteiger partial charge >= 0.3 is 0 Å². The van der Waals surface area contributed by atoms with E-state index >= 15 is 0 Å². The standard InChI is InChI=1S/C9H12BrNO2S2/c10-6-9(3-4-9)7-11-15(12,13)8-2-1-5-14-8/h1-2,5,11H,3-4,6-7H2. The Morgan fingerprint density at radius 2 is 2.27 bits per heavy atom. The average molecular weight is 310 g/mol. The van der Waals surface area contributed by atoms with Crippen molar-refractivity contribution in [3.63, 3.8) is 0 Å². The molecule has 1 aliphatic rings. The normalized spacial score (nSPS) is 19.0. The van der Waals surface area contributed by atoms with Crippen molar-refractivity contribution in [2.75, 3.05) is 11.9 Å². The monoisotopic (exact) mass is 309 g/mol. The third-order valence-corrected chi connectivity index (χ3v) is 6.63. The van der Waals surface area contributed by atoms with Crippen LogP contribution >= 0.6 is 27.3 Å². The van der Waals surface area contributed by atoms with Crippen LogP contribution in [0.25, 0.3) is 0 Å². The molecule has 0 saturated heterocycles. The molecule has 0 radical (unpaired) electrons. The Morgan fingerprint density at radius 3 is 2.73 bits per heavy atom. The number of halogens is 1. The summed E-state index contributed by atoms with van der Waals surface area (Å²) in [7, 11) is -3.27. The van der Waals surface area contributed by atoms with Gasteiger partial charge in [0.25, 0.3) is 0 Å². The smallest absolute Gasteiger partial charge is 0.210 e. The van der Waals surface area contributed by atoms with Crippen LogP contribution < -0.4 is 4.72 Å². The summed E-state index contributed by atoms with van der Waals surface area (Å²) in [6.07, 6.45) is 2.20. The molecular weight excluding hydrogens is 298 g/mol. The Balaban J connectivity index is 2.00. The van der Waals surface area contributed by atoms with E-state index in [1.165, 1.54) is 11.3 Å². The molecule has 2 rings (SSSR count). The number of hydrogen-bond donors (Lipinski definition) is 1. The molecular formula is C9H12BrNO2S2. The van der Waals surface area contributed by atoms with E-state index in [0.717, 1.165) is 18.2 Å².